The van der Waals surface area contributed by atoms with Crippen molar-refractivity contribution in [2.45, 2.75) is 45.1 Å². The van der Waals surface area contributed by atoms with E-state index in [4.69, 9.17) is 0 Å². The number of carbonyl (C=O) groups excluding carboxylic acids is 2. The fraction of sp³-hybridized carbons (Fsp3) is 0.417. The summed E-state index contributed by atoms with van der Waals surface area (Å²) in [6, 6.07) is 7.78. The zero-order valence-corrected chi connectivity index (χ0v) is 19.0. The van der Waals surface area contributed by atoms with Gasteiger partial charge in [0, 0.05) is 38.3 Å². The standard InChI is InChI=1S/C24H25F6N3O2/c1-2-9-32(11-8-21(34)33-10-7-16-5-3-4-6-17(16)15-33)22(35)31-20-13-18(23(25,26)27)12-19(14-20)24(28,29)30/h3-6,12-14H,2,7-11,15H2,1H3,(H,31,35). The summed E-state index contributed by atoms with van der Waals surface area (Å²) in [7, 11) is 0. The molecule has 3 rings (SSSR count). The topological polar surface area (TPSA) is 52.7 Å². The molecule has 11 heteroatoms. The number of hydrogen-bond acceptors (Lipinski definition) is 2. The first-order valence-electron chi connectivity index (χ1n) is 11.1. The Balaban J connectivity index is 1.68. The van der Waals surface area contributed by atoms with Crippen molar-refractivity contribution in [1.29, 1.82) is 0 Å². The lowest BCUT2D eigenvalue weighted by Gasteiger charge is -2.30. The summed E-state index contributed by atoms with van der Waals surface area (Å²) in [5.41, 5.74) is -1.46. The van der Waals surface area contributed by atoms with Gasteiger partial charge < -0.3 is 15.1 Å². The molecule has 190 valence electrons. The molecular formula is C24H25F6N3O2. The van der Waals surface area contributed by atoms with E-state index in [1.54, 1.807) is 11.8 Å². The van der Waals surface area contributed by atoms with Crippen LogP contribution in [0.15, 0.2) is 42.5 Å². The Bertz CT molecular complexity index is 1040. The molecule has 2 aromatic carbocycles. The van der Waals surface area contributed by atoms with Crippen LogP contribution in [0, 0.1) is 0 Å². The van der Waals surface area contributed by atoms with Crippen LogP contribution in [0.25, 0.3) is 0 Å². The maximum atomic E-state index is 13.1. The summed E-state index contributed by atoms with van der Waals surface area (Å²) in [5, 5.41) is 2.13. The van der Waals surface area contributed by atoms with Crippen molar-refractivity contribution in [3.63, 3.8) is 0 Å². The second-order valence-electron chi connectivity index (χ2n) is 8.30. The molecule has 35 heavy (non-hydrogen) atoms. The number of alkyl halides is 6. The van der Waals surface area contributed by atoms with Gasteiger partial charge in [-0.2, -0.15) is 26.3 Å². The highest BCUT2D eigenvalue weighted by atomic mass is 19.4. The molecule has 0 bridgehead atoms. The number of hydrogen-bond donors (Lipinski definition) is 1. The van der Waals surface area contributed by atoms with E-state index >= 15 is 0 Å². The molecule has 3 amide bonds. The van der Waals surface area contributed by atoms with Gasteiger partial charge in [-0.25, -0.2) is 4.79 Å². The molecule has 0 spiro atoms. The zero-order valence-electron chi connectivity index (χ0n) is 19.0. The Kier molecular flexibility index (Phi) is 7.97. The molecule has 0 aromatic heterocycles. The van der Waals surface area contributed by atoms with Gasteiger partial charge in [0.1, 0.15) is 0 Å². The molecule has 1 aliphatic rings. The van der Waals surface area contributed by atoms with E-state index in [0.717, 1.165) is 5.56 Å². The zero-order chi connectivity index (χ0) is 25.8. The number of fused-ring (bicyclic) bond motifs is 1. The van der Waals surface area contributed by atoms with Gasteiger partial charge in [0.05, 0.1) is 11.1 Å². The molecule has 0 aliphatic carbocycles. The average Bonchev–Trinajstić information content (AvgIpc) is 2.79. The Morgan fingerprint density at radius 1 is 0.943 bits per heavy atom. The Labute approximate surface area is 198 Å². The van der Waals surface area contributed by atoms with Gasteiger partial charge in [-0.15, -0.1) is 0 Å². The summed E-state index contributed by atoms with van der Waals surface area (Å²) < 4.78 is 78.6. The van der Waals surface area contributed by atoms with Crippen molar-refractivity contribution in [2.75, 3.05) is 25.0 Å². The predicted molar refractivity (Wildman–Crippen MR) is 118 cm³/mol. The van der Waals surface area contributed by atoms with Crippen LogP contribution in [0.1, 0.15) is 42.0 Å². The van der Waals surface area contributed by atoms with Crippen molar-refractivity contribution >= 4 is 17.6 Å². The average molecular weight is 501 g/mol. The van der Waals surface area contributed by atoms with Crippen LogP contribution in [0.5, 0.6) is 0 Å². The van der Waals surface area contributed by atoms with Gasteiger partial charge in [0.15, 0.2) is 0 Å². The number of halogens is 6. The summed E-state index contributed by atoms with van der Waals surface area (Å²) in [6.45, 7) is 2.88. The fourth-order valence-corrected chi connectivity index (χ4v) is 3.91. The molecule has 0 atom stereocenters. The lowest BCUT2D eigenvalue weighted by atomic mass is 10.00. The highest BCUT2D eigenvalue weighted by molar-refractivity contribution is 5.90. The van der Waals surface area contributed by atoms with Gasteiger partial charge in [0.2, 0.25) is 5.91 Å². The predicted octanol–water partition coefficient (Wildman–Crippen LogP) is 5.94. The Morgan fingerprint density at radius 3 is 2.11 bits per heavy atom. The maximum Gasteiger partial charge on any atom is 0.416 e. The van der Waals surface area contributed by atoms with E-state index in [2.05, 4.69) is 5.32 Å². The lowest BCUT2D eigenvalue weighted by Crippen LogP contribution is -2.41. The summed E-state index contributed by atoms with van der Waals surface area (Å²) in [5.74, 6) is -0.188. The van der Waals surface area contributed by atoms with Gasteiger partial charge in [-0.05, 0) is 42.2 Å². The van der Waals surface area contributed by atoms with Crippen molar-refractivity contribution < 1.29 is 35.9 Å². The largest absolute Gasteiger partial charge is 0.416 e. The van der Waals surface area contributed by atoms with E-state index in [1.165, 1.54) is 10.5 Å². The number of urea groups is 1. The quantitative estimate of drug-likeness (QED) is 0.498. The smallest absolute Gasteiger partial charge is 0.338 e. The van der Waals surface area contributed by atoms with E-state index < -0.39 is 35.2 Å². The second-order valence-corrected chi connectivity index (χ2v) is 8.30. The number of nitrogens with zero attached hydrogens (tertiary/aromatic N) is 2. The highest BCUT2D eigenvalue weighted by Gasteiger charge is 2.37. The molecule has 2 aromatic rings. The molecule has 0 unspecified atom stereocenters. The van der Waals surface area contributed by atoms with Gasteiger partial charge in [0.25, 0.3) is 0 Å². The van der Waals surface area contributed by atoms with Crippen LogP contribution in [0.3, 0.4) is 0 Å². The van der Waals surface area contributed by atoms with Crippen LogP contribution in [-0.4, -0.2) is 41.4 Å². The normalized spacial score (nSPS) is 13.9. The molecule has 0 fully saturated rings. The number of nitrogens with one attached hydrogen (secondary N) is 1. The van der Waals surface area contributed by atoms with Crippen LogP contribution >= 0.6 is 0 Å². The first kappa shape index (κ1) is 26.4. The second kappa shape index (κ2) is 10.6. The van der Waals surface area contributed by atoms with E-state index in [0.29, 0.717) is 38.1 Å². The molecule has 0 saturated carbocycles. The molecule has 0 saturated heterocycles. The molecule has 0 radical (unpaired) electrons. The molecule has 1 heterocycles. The van der Waals surface area contributed by atoms with Crippen molar-refractivity contribution in [3.05, 3.63) is 64.7 Å². The fourth-order valence-electron chi connectivity index (χ4n) is 3.91. The summed E-state index contributed by atoms with van der Waals surface area (Å²) >= 11 is 0. The first-order valence-corrected chi connectivity index (χ1v) is 11.1. The third kappa shape index (κ3) is 6.89. The minimum Gasteiger partial charge on any atom is -0.338 e. The highest BCUT2D eigenvalue weighted by Crippen LogP contribution is 2.37. The lowest BCUT2D eigenvalue weighted by molar-refractivity contribution is -0.143. The van der Waals surface area contributed by atoms with Crippen LogP contribution in [0.2, 0.25) is 0 Å². The number of rotatable bonds is 6. The molecule has 5 nitrogen and oxygen atoms in total. The number of amides is 3. The van der Waals surface area contributed by atoms with E-state index in [9.17, 15) is 35.9 Å². The summed E-state index contributed by atoms with van der Waals surface area (Å²) in [4.78, 5) is 28.3. The van der Waals surface area contributed by atoms with Gasteiger partial charge in [-0.3, -0.25) is 4.79 Å². The summed E-state index contributed by atoms with van der Waals surface area (Å²) in [6.07, 6.45) is -8.88. The minimum absolute atomic E-state index is 0.00506. The minimum atomic E-state index is -5.02. The SMILES string of the molecule is CCCN(CCC(=O)N1CCc2ccccc2C1)C(=O)Nc1cc(C(F)(F)F)cc(C(F)(F)F)c1. The molecule has 1 N–H and O–H groups in total. The van der Waals surface area contributed by atoms with Gasteiger partial charge in [-0.1, -0.05) is 31.2 Å². The van der Waals surface area contributed by atoms with E-state index in [-0.39, 0.29) is 31.5 Å². The number of benzene rings is 2. The van der Waals surface area contributed by atoms with Gasteiger partial charge >= 0.3 is 18.4 Å². The Hall–Kier alpha value is -3.24. The first-order chi connectivity index (χ1) is 16.4. The molecular weight excluding hydrogens is 476 g/mol. The third-order valence-corrected chi connectivity index (χ3v) is 5.70. The monoisotopic (exact) mass is 501 g/mol. The van der Waals surface area contributed by atoms with Crippen LogP contribution < -0.4 is 5.32 Å². The van der Waals surface area contributed by atoms with Crippen LogP contribution in [-0.2, 0) is 30.1 Å². The molecule has 1 aliphatic heterocycles. The number of carbonyl (C=O) groups is 2. The van der Waals surface area contributed by atoms with Crippen molar-refractivity contribution in [1.82, 2.24) is 9.80 Å². The van der Waals surface area contributed by atoms with Crippen molar-refractivity contribution in [2.24, 2.45) is 0 Å². The third-order valence-electron chi connectivity index (χ3n) is 5.70. The number of anilines is 1. The maximum absolute atomic E-state index is 13.1. The van der Waals surface area contributed by atoms with Crippen molar-refractivity contribution in [3.8, 4) is 0 Å². The Morgan fingerprint density at radius 2 is 1.54 bits per heavy atom. The van der Waals surface area contributed by atoms with E-state index in [1.807, 2.05) is 24.3 Å². The van der Waals surface area contributed by atoms with Crippen LogP contribution in [0.4, 0.5) is 36.8 Å².